The zero-order valence-corrected chi connectivity index (χ0v) is 26.5. The highest BCUT2D eigenvalue weighted by atomic mass is 32.2. The number of hydrogen-bond acceptors (Lipinski definition) is 8. The SMILES string of the molecule is CN(C)CCOc1cc(C(N)=O)c(C(=O)Nc2n[nH]c3c2CN(S(=O)(=O)c2cc(F)cc(F)c2)C3(C)C)cc1-n1ccc(C(=O)O)c1. The first kappa shape index (κ1) is 33.2. The second kappa shape index (κ2) is 12.2. The third kappa shape index (κ3) is 6.32. The predicted molar refractivity (Wildman–Crippen MR) is 164 cm³/mol. The third-order valence-corrected chi connectivity index (χ3v) is 9.68. The highest BCUT2D eigenvalue weighted by Crippen LogP contribution is 2.44. The molecule has 4 aromatic rings. The summed E-state index contributed by atoms with van der Waals surface area (Å²) >= 11 is 0. The number of nitrogens with zero attached hydrogens (tertiary/aromatic N) is 4. The molecule has 3 heterocycles. The first-order valence-electron chi connectivity index (χ1n) is 14.1. The van der Waals surface area contributed by atoms with Gasteiger partial charge in [0.15, 0.2) is 5.82 Å². The van der Waals surface area contributed by atoms with E-state index in [0.717, 1.165) is 4.31 Å². The van der Waals surface area contributed by atoms with E-state index in [9.17, 15) is 36.7 Å². The molecule has 2 amide bonds. The number of primary amides is 1. The van der Waals surface area contributed by atoms with Gasteiger partial charge in [-0.05, 0) is 58.3 Å². The van der Waals surface area contributed by atoms with Crippen molar-refractivity contribution in [3.63, 3.8) is 0 Å². The lowest BCUT2D eigenvalue weighted by molar-refractivity contribution is 0.0696. The molecule has 0 bridgehead atoms. The number of nitrogens with two attached hydrogens (primary N) is 1. The Morgan fingerprint density at radius 2 is 1.81 bits per heavy atom. The average molecular weight is 672 g/mol. The van der Waals surface area contributed by atoms with Crippen molar-refractivity contribution in [1.29, 1.82) is 0 Å². The number of benzene rings is 2. The Morgan fingerprint density at radius 1 is 1.13 bits per heavy atom. The van der Waals surface area contributed by atoms with Gasteiger partial charge in [-0.1, -0.05) is 0 Å². The number of aromatic carboxylic acids is 1. The van der Waals surface area contributed by atoms with Gasteiger partial charge in [-0.25, -0.2) is 22.0 Å². The molecule has 0 aliphatic carbocycles. The van der Waals surface area contributed by atoms with Gasteiger partial charge in [-0.3, -0.25) is 14.7 Å². The Kier molecular flexibility index (Phi) is 8.65. The second-order valence-electron chi connectivity index (χ2n) is 11.5. The number of fused-ring (bicyclic) bond motifs is 1. The van der Waals surface area contributed by atoms with E-state index in [4.69, 9.17) is 10.5 Å². The lowest BCUT2D eigenvalue weighted by Gasteiger charge is -2.30. The summed E-state index contributed by atoms with van der Waals surface area (Å²) in [6.07, 6.45) is 2.76. The van der Waals surface area contributed by atoms with Crippen LogP contribution >= 0.6 is 0 Å². The minimum atomic E-state index is -4.43. The van der Waals surface area contributed by atoms with Gasteiger partial charge in [0.1, 0.15) is 24.0 Å². The fourth-order valence-electron chi connectivity index (χ4n) is 5.25. The number of ether oxygens (including phenoxy) is 1. The van der Waals surface area contributed by atoms with Crippen LogP contribution in [-0.4, -0.2) is 82.5 Å². The maximum Gasteiger partial charge on any atom is 0.337 e. The summed E-state index contributed by atoms with van der Waals surface area (Å²) < 4.78 is 63.3. The molecule has 5 N–H and O–H groups in total. The zero-order valence-electron chi connectivity index (χ0n) is 25.7. The molecule has 2 aromatic heterocycles. The molecule has 1 aliphatic heterocycles. The Balaban J connectivity index is 1.51. The van der Waals surface area contributed by atoms with Crippen LogP contribution in [0.25, 0.3) is 5.69 Å². The Hall–Kier alpha value is -5.13. The number of carboxylic acids is 1. The van der Waals surface area contributed by atoms with E-state index in [2.05, 4.69) is 15.5 Å². The van der Waals surface area contributed by atoms with Gasteiger partial charge in [0.05, 0.1) is 38.5 Å². The summed E-state index contributed by atoms with van der Waals surface area (Å²) in [5, 5.41) is 18.9. The molecular formula is C30H31F2N7O7S. The number of carboxylic acid groups (broad SMARTS) is 1. The van der Waals surface area contributed by atoms with Gasteiger partial charge in [0, 0.05) is 37.1 Å². The number of anilines is 1. The third-order valence-electron chi connectivity index (χ3n) is 7.68. The molecule has 5 rings (SSSR count). The number of carbonyl (C=O) groups excluding carboxylic acids is 2. The Morgan fingerprint density at radius 3 is 2.40 bits per heavy atom. The number of H-pyrrole nitrogens is 1. The van der Waals surface area contributed by atoms with E-state index >= 15 is 0 Å². The number of rotatable bonds is 11. The average Bonchev–Trinajstić information content (AvgIpc) is 3.68. The molecule has 14 nitrogen and oxygen atoms in total. The summed E-state index contributed by atoms with van der Waals surface area (Å²) in [6.45, 7) is 3.49. The predicted octanol–water partition coefficient (Wildman–Crippen LogP) is 2.91. The van der Waals surface area contributed by atoms with Crippen LogP contribution in [0.2, 0.25) is 0 Å². The van der Waals surface area contributed by atoms with Crippen LogP contribution in [0, 0.1) is 11.6 Å². The number of amides is 2. The number of aromatic amines is 1. The fraction of sp³-hybridized carbons (Fsp3) is 0.267. The van der Waals surface area contributed by atoms with Crippen molar-refractivity contribution in [2.45, 2.75) is 30.8 Å². The van der Waals surface area contributed by atoms with E-state index in [0.29, 0.717) is 30.4 Å². The molecule has 248 valence electrons. The first-order valence-corrected chi connectivity index (χ1v) is 15.5. The quantitative estimate of drug-likeness (QED) is 0.186. The lowest BCUT2D eigenvalue weighted by atomic mass is 10.0. The molecule has 0 saturated heterocycles. The second-order valence-corrected chi connectivity index (χ2v) is 13.4. The molecule has 0 spiro atoms. The molecule has 47 heavy (non-hydrogen) atoms. The summed E-state index contributed by atoms with van der Waals surface area (Å²) in [7, 11) is -0.765. The van der Waals surface area contributed by atoms with Gasteiger partial charge in [0.25, 0.3) is 5.91 Å². The molecule has 0 atom stereocenters. The highest BCUT2D eigenvalue weighted by Gasteiger charge is 2.48. The maximum absolute atomic E-state index is 13.9. The fourth-order valence-corrected chi connectivity index (χ4v) is 7.02. The van der Waals surface area contributed by atoms with Crippen LogP contribution < -0.4 is 15.8 Å². The molecule has 0 saturated carbocycles. The molecule has 17 heteroatoms. The molecule has 1 aliphatic rings. The number of carbonyl (C=O) groups is 3. The van der Waals surface area contributed by atoms with Crippen LogP contribution in [0.5, 0.6) is 5.75 Å². The number of likely N-dealkylation sites (N-methyl/N-ethyl adjacent to an activating group) is 1. The maximum atomic E-state index is 13.9. The number of hydrogen-bond donors (Lipinski definition) is 4. The summed E-state index contributed by atoms with van der Waals surface area (Å²) in [4.78, 5) is 39.1. The van der Waals surface area contributed by atoms with Crippen molar-refractivity contribution in [3.05, 3.63) is 88.4 Å². The summed E-state index contributed by atoms with van der Waals surface area (Å²) in [5.41, 5.74) is 4.77. The van der Waals surface area contributed by atoms with Crippen molar-refractivity contribution in [1.82, 2.24) is 24.0 Å². The van der Waals surface area contributed by atoms with Crippen LogP contribution in [0.3, 0.4) is 0 Å². The van der Waals surface area contributed by atoms with Gasteiger partial charge in [-0.2, -0.15) is 9.40 Å². The smallest absolute Gasteiger partial charge is 0.337 e. The van der Waals surface area contributed by atoms with Crippen molar-refractivity contribution in [2.24, 2.45) is 5.73 Å². The Bertz CT molecular complexity index is 2000. The van der Waals surface area contributed by atoms with Crippen LogP contribution in [0.15, 0.2) is 53.7 Å². The normalized spacial score (nSPS) is 14.3. The van der Waals surface area contributed by atoms with Gasteiger partial charge < -0.3 is 30.4 Å². The molecule has 0 radical (unpaired) electrons. The van der Waals surface area contributed by atoms with Gasteiger partial charge in [-0.15, -0.1) is 0 Å². The van der Waals surface area contributed by atoms with Crippen LogP contribution in [0.4, 0.5) is 14.6 Å². The number of nitrogens with one attached hydrogen (secondary N) is 2. The van der Waals surface area contributed by atoms with Crippen molar-refractivity contribution in [2.75, 3.05) is 32.6 Å². The lowest BCUT2D eigenvalue weighted by Crippen LogP contribution is -2.40. The standard InChI is InChI=1S/C30H31F2N7O7S/c1-30(2)25-22(15-39(30)47(44,45)19-10-17(31)9-18(32)11-19)27(36-35-25)34-28(41)21-12-23(38-6-5-16(14-38)29(42)43)24(13-20(21)26(33)40)46-8-7-37(3)4/h5-6,9-14H,7-8,15H2,1-4H3,(H2,33,40)(H,42,43)(H2,34,35,36,41). The largest absolute Gasteiger partial charge is 0.490 e. The van der Waals surface area contributed by atoms with E-state index in [1.807, 2.05) is 19.0 Å². The van der Waals surface area contributed by atoms with E-state index in [1.54, 1.807) is 13.8 Å². The monoisotopic (exact) mass is 671 g/mol. The minimum absolute atomic E-state index is 0.0376. The summed E-state index contributed by atoms with van der Waals surface area (Å²) in [5.74, 6) is -5.00. The molecule has 2 aromatic carbocycles. The van der Waals surface area contributed by atoms with E-state index in [-0.39, 0.29) is 52.7 Å². The molecule has 0 fully saturated rings. The Labute approximate surface area is 267 Å². The van der Waals surface area contributed by atoms with Gasteiger partial charge in [0.2, 0.25) is 15.9 Å². The van der Waals surface area contributed by atoms with E-state index < -0.39 is 49.9 Å². The topological polar surface area (TPSA) is 193 Å². The van der Waals surface area contributed by atoms with Crippen LogP contribution in [-0.2, 0) is 22.1 Å². The highest BCUT2D eigenvalue weighted by molar-refractivity contribution is 7.89. The zero-order chi connectivity index (χ0) is 34.4. The van der Waals surface area contributed by atoms with Crippen molar-refractivity contribution < 1.29 is 41.4 Å². The van der Waals surface area contributed by atoms with Crippen molar-refractivity contribution in [3.8, 4) is 11.4 Å². The minimum Gasteiger partial charge on any atom is -0.490 e. The first-order chi connectivity index (χ1) is 22.0. The number of halogens is 2. The molecule has 0 unspecified atom stereocenters. The van der Waals surface area contributed by atoms with Crippen molar-refractivity contribution >= 4 is 33.6 Å². The van der Waals surface area contributed by atoms with E-state index in [1.165, 1.54) is 35.2 Å². The number of sulfonamides is 1. The van der Waals surface area contributed by atoms with Crippen LogP contribution in [0.1, 0.15) is 56.2 Å². The van der Waals surface area contributed by atoms with Gasteiger partial charge >= 0.3 is 5.97 Å². The summed E-state index contributed by atoms with van der Waals surface area (Å²) in [6, 6.07) is 5.93. The molecular weight excluding hydrogens is 640 g/mol. The number of aromatic nitrogens is 3.